The van der Waals surface area contributed by atoms with Gasteiger partial charge in [0.25, 0.3) is 0 Å². The van der Waals surface area contributed by atoms with Crippen LogP contribution in [0.4, 0.5) is 0 Å². The molecule has 0 aromatic heterocycles. The van der Waals surface area contributed by atoms with Crippen molar-refractivity contribution in [3.05, 3.63) is 23.8 Å². The Kier molecular flexibility index (Phi) is 3.99. The quantitative estimate of drug-likeness (QED) is 0.684. The van der Waals surface area contributed by atoms with E-state index in [1.807, 2.05) is 32.2 Å². The molecule has 1 heterocycles. The summed E-state index contributed by atoms with van der Waals surface area (Å²) >= 11 is 0. The predicted octanol–water partition coefficient (Wildman–Crippen LogP) is -0.616. The zero-order valence-electron chi connectivity index (χ0n) is 11.8. The summed E-state index contributed by atoms with van der Waals surface area (Å²) in [5, 5.41) is 20.2. The minimum atomic E-state index is -0.770. The van der Waals surface area contributed by atoms with Crippen molar-refractivity contribution >= 4 is 0 Å². The zero-order chi connectivity index (χ0) is 14.2. The van der Waals surface area contributed by atoms with Crippen molar-refractivity contribution in [2.75, 3.05) is 21.3 Å². The molecule has 5 heteroatoms. The van der Waals surface area contributed by atoms with E-state index in [9.17, 15) is 10.2 Å². The summed E-state index contributed by atoms with van der Waals surface area (Å²) in [6.45, 7) is 1.93. The van der Waals surface area contributed by atoms with Gasteiger partial charge in [-0.05, 0) is 25.1 Å². The number of hydrogen-bond acceptors (Lipinski definition) is 4. The van der Waals surface area contributed by atoms with Crippen molar-refractivity contribution in [2.45, 2.75) is 31.2 Å². The third kappa shape index (κ3) is 2.29. The highest BCUT2D eigenvalue weighted by Gasteiger charge is 2.48. The number of likely N-dealkylation sites (N-methyl/N-ethyl adjacent to an activating group) is 1. The molecule has 1 unspecified atom stereocenters. The number of ether oxygens (including phenoxy) is 2. The Bertz CT molecular complexity index is 437. The number of rotatable bonds is 3. The highest BCUT2D eigenvalue weighted by atomic mass is 16.5. The molecule has 1 aromatic rings. The molecule has 1 fully saturated rings. The number of aliphatic hydroxyl groups excluding tert-OH is 2. The van der Waals surface area contributed by atoms with Gasteiger partial charge in [0.1, 0.15) is 24.3 Å². The second kappa shape index (κ2) is 5.36. The van der Waals surface area contributed by atoms with Crippen LogP contribution in [-0.4, -0.2) is 49.7 Å². The molecule has 19 heavy (non-hydrogen) atoms. The summed E-state index contributed by atoms with van der Waals surface area (Å²) in [5.74, 6) is 1.29. The molecular formula is C14H22NO4+. The molecule has 106 valence electrons. The maximum Gasteiger partial charge on any atom is 0.161 e. The molecule has 1 aliphatic heterocycles. The van der Waals surface area contributed by atoms with Crippen LogP contribution in [0.3, 0.4) is 0 Å². The van der Waals surface area contributed by atoms with Crippen LogP contribution in [0.15, 0.2) is 18.2 Å². The minimum Gasteiger partial charge on any atom is -0.493 e. The highest BCUT2D eigenvalue weighted by Crippen LogP contribution is 2.32. The van der Waals surface area contributed by atoms with Gasteiger partial charge in [-0.15, -0.1) is 0 Å². The molecular weight excluding hydrogens is 246 g/mol. The third-order valence-electron chi connectivity index (χ3n) is 4.18. The molecule has 3 N–H and O–H groups in total. The number of quaternary nitrogens is 1. The van der Waals surface area contributed by atoms with E-state index in [4.69, 9.17) is 9.47 Å². The highest BCUT2D eigenvalue weighted by molar-refractivity contribution is 5.43. The summed E-state index contributed by atoms with van der Waals surface area (Å²) in [6.07, 6.45) is -1.48. The van der Waals surface area contributed by atoms with Crippen LogP contribution in [-0.2, 0) is 0 Å². The third-order valence-corrected chi connectivity index (χ3v) is 4.18. The zero-order valence-corrected chi connectivity index (χ0v) is 11.8. The van der Waals surface area contributed by atoms with Crippen molar-refractivity contribution in [1.82, 2.24) is 0 Å². The lowest BCUT2D eigenvalue weighted by atomic mass is 10.0. The molecule has 2 rings (SSSR count). The van der Waals surface area contributed by atoms with Crippen LogP contribution in [0.2, 0.25) is 0 Å². The Morgan fingerprint density at radius 3 is 2.16 bits per heavy atom. The molecule has 1 aromatic carbocycles. The van der Waals surface area contributed by atoms with Crippen LogP contribution in [0, 0.1) is 0 Å². The number of methoxy groups -OCH3 is 2. The first-order valence-electron chi connectivity index (χ1n) is 6.42. The molecule has 1 aliphatic rings. The Morgan fingerprint density at radius 1 is 1.05 bits per heavy atom. The van der Waals surface area contributed by atoms with E-state index < -0.39 is 12.2 Å². The van der Waals surface area contributed by atoms with Crippen LogP contribution >= 0.6 is 0 Å². The van der Waals surface area contributed by atoms with Crippen molar-refractivity contribution in [3.8, 4) is 11.5 Å². The average molecular weight is 268 g/mol. The van der Waals surface area contributed by atoms with E-state index in [1.54, 1.807) is 14.2 Å². The van der Waals surface area contributed by atoms with Gasteiger partial charge < -0.3 is 24.6 Å². The molecule has 0 amide bonds. The number of nitrogens with one attached hydrogen (secondary N) is 1. The van der Waals surface area contributed by atoms with Gasteiger partial charge in [-0.25, -0.2) is 0 Å². The SMILES string of the molecule is COc1ccc([C@H]2[C@@H](O)[C@H](O)[C@@H](C)[NH+]2C)cc1OC. The molecule has 0 radical (unpaired) electrons. The summed E-state index contributed by atoms with van der Waals surface area (Å²) < 4.78 is 10.5. The lowest BCUT2D eigenvalue weighted by Crippen LogP contribution is -3.11. The molecule has 0 bridgehead atoms. The number of hydrogen-bond donors (Lipinski definition) is 3. The van der Waals surface area contributed by atoms with Gasteiger partial charge in [0.2, 0.25) is 0 Å². The number of aliphatic hydroxyl groups is 2. The normalized spacial score (nSPS) is 34.3. The number of benzene rings is 1. The van der Waals surface area contributed by atoms with E-state index in [0.29, 0.717) is 11.5 Å². The minimum absolute atomic E-state index is 0.00639. The van der Waals surface area contributed by atoms with Crippen LogP contribution in [0.25, 0.3) is 0 Å². The van der Waals surface area contributed by atoms with E-state index in [2.05, 4.69) is 0 Å². The largest absolute Gasteiger partial charge is 0.493 e. The molecule has 0 saturated carbocycles. The second-order valence-electron chi connectivity index (χ2n) is 5.11. The number of likely N-dealkylation sites (tertiary alicyclic amines) is 1. The van der Waals surface area contributed by atoms with E-state index in [-0.39, 0.29) is 12.1 Å². The van der Waals surface area contributed by atoms with Gasteiger partial charge in [0.05, 0.1) is 21.3 Å². The topological polar surface area (TPSA) is 63.4 Å². The standard InChI is InChI=1S/C14H21NO4/c1-8-13(16)14(17)12(15(8)2)9-5-6-10(18-3)11(7-9)19-4/h5-8,12-14,16-17H,1-4H3/p+1/t8-,12+,13-,14-/m1/s1. The van der Waals surface area contributed by atoms with Crippen molar-refractivity contribution in [1.29, 1.82) is 0 Å². The smallest absolute Gasteiger partial charge is 0.161 e. The van der Waals surface area contributed by atoms with Gasteiger partial charge in [0.15, 0.2) is 11.5 Å². The Hall–Kier alpha value is -1.30. The maximum absolute atomic E-state index is 10.2. The van der Waals surface area contributed by atoms with Crippen molar-refractivity contribution in [3.63, 3.8) is 0 Å². The summed E-state index contributed by atoms with van der Waals surface area (Å²) in [6, 6.07) is 5.42. The lowest BCUT2D eigenvalue weighted by Gasteiger charge is -2.22. The molecule has 5 nitrogen and oxygen atoms in total. The molecule has 0 aliphatic carbocycles. The fourth-order valence-electron chi connectivity index (χ4n) is 2.82. The first-order chi connectivity index (χ1) is 9.01. The van der Waals surface area contributed by atoms with Crippen molar-refractivity contribution in [2.24, 2.45) is 0 Å². The van der Waals surface area contributed by atoms with Gasteiger partial charge in [-0.2, -0.15) is 0 Å². The van der Waals surface area contributed by atoms with Gasteiger partial charge >= 0.3 is 0 Å². The molecule has 0 spiro atoms. The Morgan fingerprint density at radius 2 is 1.68 bits per heavy atom. The van der Waals surface area contributed by atoms with Crippen LogP contribution < -0.4 is 14.4 Å². The van der Waals surface area contributed by atoms with E-state index in [0.717, 1.165) is 10.5 Å². The summed E-state index contributed by atoms with van der Waals surface area (Å²) in [5.41, 5.74) is 0.936. The van der Waals surface area contributed by atoms with Gasteiger partial charge in [0, 0.05) is 5.56 Å². The van der Waals surface area contributed by atoms with Gasteiger partial charge in [-0.1, -0.05) is 0 Å². The molecule has 5 atom stereocenters. The summed E-state index contributed by atoms with van der Waals surface area (Å²) in [4.78, 5) is 1.09. The average Bonchev–Trinajstić information content (AvgIpc) is 2.62. The predicted molar refractivity (Wildman–Crippen MR) is 70.6 cm³/mol. The van der Waals surface area contributed by atoms with Gasteiger partial charge in [-0.3, -0.25) is 0 Å². The fraction of sp³-hybridized carbons (Fsp3) is 0.571. The Balaban J connectivity index is 2.37. The van der Waals surface area contributed by atoms with Crippen LogP contribution in [0.1, 0.15) is 18.5 Å². The molecule has 1 saturated heterocycles. The van der Waals surface area contributed by atoms with Crippen molar-refractivity contribution < 1.29 is 24.6 Å². The Labute approximate surface area is 113 Å². The van der Waals surface area contributed by atoms with Crippen LogP contribution in [0.5, 0.6) is 11.5 Å². The lowest BCUT2D eigenvalue weighted by molar-refractivity contribution is -0.923. The first-order valence-corrected chi connectivity index (χ1v) is 6.42. The van der Waals surface area contributed by atoms with E-state index >= 15 is 0 Å². The monoisotopic (exact) mass is 268 g/mol. The second-order valence-corrected chi connectivity index (χ2v) is 5.11. The van der Waals surface area contributed by atoms with E-state index in [1.165, 1.54) is 0 Å². The fourth-order valence-corrected chi connectivity index (χ4v) is 2.82. The first kappa shape index (κ1) is 14.1. The maximum atomic E-state index is 10.2. The summed E-state index contributed by atoms with van der Waals surface area (Å²) in [7, 11) is 5.15.